The summed E-state index contributed by atoms with van der Waals surface area (Å²) in [5, 5.41) is 0. The maximum atomic E-state index is 12.9. The van der Waals surface area contributed by atoms with Gasteiger partial charge in [0.15, 0.2) is 18.1 Å². The van der Waals surface area contributed by atoms with Gasteiger partial charge in [0, 0.05) is 17.8 Å². The normalized spacial score (nSPS) is 16.0. The van der Waals surface area contributed by atoms with Crippen LogP contribution in [0, 0.1) is 6.92 Å². The second-order valence-corrected chi connectivity index (χ2v) is 6.89. The first-order valence-electron chi connectivity index (χ1n) is 9.73. The Kier molecular flexibility index (Phi) is 6.41. The average Bonchev–Trinajstić information content (AvgIpc) is 3.21. The Morgan fingerprint density at radius 1 is 1.28 bits per heavy atom. The van der Waals surface area contributed by atoms with E-state index in [1.165, 1.54) is 14.2 Å². The first-order chi connectivity index (χ1) is 14.0. The van der Waals surface area contributed by atoms with Crippen molar-refractivity contribution in [3.8, 4) is 17.2 Å². The summed E-state index contributed by atoms with van der Waals surface area (Å²) < 4.78 is 16.4. The number of aryl methyl sites for hydroxylation is 1. The number of aromatic amines is 1. The van der Waals surface area contributed by atoms with Crippen molar-refractivity contribution in [3.05, 3.63) is 45.6 Å². The lowest BCUT2D eigenvalue weighted by atomic mass is 10.1. The van der Waals surface area contributed by atoms with Gasteiger partial charge in [0.1, 0.15) is 5.82 Å². The summed E-state index contributed by atoms with van der Waals surface area (Å²) >= 11 is 0. The molecule has 1 atom stereocenters. The number of ether oxygens (including phenoxy) is 3. The van der Waals surface area contributed by atoms with Crippen LogP contribution in [-0.4, -0.2) is 48.1 Å². The number of methoxy groups -OCH3 is 2. The summed E-state index contributed by atoms with van der Waals surface area (Å²) in [7, 11) is 3.06. The molecule has 0 spiro atoms. The van der Waals surface area contributed by atoms with E-state index in [4.69, 9.17) is 14.2 Å². The van der Waals surface area contributed by atoms with Crippen LogP contribution in [-0.2, 0) is 11.2 Å². The number of H-pyrrole nitrogens is 1. The molecule has 0 saturated carbocycles. The molecule has 2 heterocycles. The molecule has 8 nitrogen and oxygen atoms in total. The van der Waals surface area contributed by atoms with Crippen LogP contribution in [0.3, 0.4) is 0 Å². The van der Waals surface area contributed by atoms with Gasteiger partial charge in [-0.1, -0.05) is 13.0 Å². The Hall–Kier alpha value is -3.03. The molecule has 1 amide bonds. The number of nitrogens with zero attached hydrogens (tertiary/aromatic N) is 2. The van der Waals surface area contributed by atoms with Crippen molar-refractivity contribution >= 4 is 5.91 Å². The zero-order valence-corrected chi connectivity index (χ0v) is 17.3. The molecule has 0 unspecified atom stereocenters. The average molecular weight is 401 g/mol. The molecule has 29 heavy (non-hydrogen) atoms. The van der Waals surface area contributed by atoms with Crippen molar-refractivity contribution in [1.82, 2.24) is 14.9 Å². The molecule has 1 aliphatic rings. The lowest BCUT2D eigenvalue weighted by Crippen LogP contribution is -2.36. The van der Waals surface area contributed by atoms with Gasteiger partial charge < -0.3 is 24.1 Å². The standard InChI is InChI=1S/C21H27N3O5/c1-5-14-13(2)22-20(23-21(14)26)15-8-7-11-24(15)18(25)12-29-19-16(27-3)9-6-10-17(19)28-4/h6,9-10,15H,5,7-8,11-12H2,1-4H3,(H,22,23,26)/t15-/m1/s1. The third-order valence-corrected chi connectivity index (χ3v) is 5.21. The number of carbonyl (C=O) groups excluding carboxylic acids is 1. The Morgan fingerprint density at radius 3 is 2.55 bits per heavy atom. The number of aromatic nitrogens is 2. The summed E-state index contributed by atoms with van der Waals surface area (Å²) in [4.78, 5) is 34.4. The first kappa shape index (κ1) is 20.7. The van der Waals surface area contributed by atoms with E-state index < -0.39 is 0 Å². The zero-order valence-electron chi connectivity index (χ0n) is 17.3. The summed E-state index contributed by atoms with van der Waals surface area (Å²) in [6.07, 6.45) is 2.21. The highest BCUT2D eigenvalue weighted by atomic mass is 16.5. The van der Waals surface area contributed by atoms with Crippen molar-refractivity contribution < 1.29 is 19.0 Å². The molecule has 1 fully saturated rings. The van der Waals surface area contributed by atoms with E-state index in [0.29, 0.717) is 47.3 Å². The Morgan fingerprint density at radius 2 is 1.97 bits per heavy atom. The summed E-state index contributed by atoms with van der Waals surface area (Å²) in [5.74, 6) is 1.72. The summed E-state index contributed by atoms with van der Waals surface area (Å²) in [6, 6.07) is 5.01. The number of hydrogen-bond acceptors (Lipinski definition) is 6. The van der Waals surface area contributed by atoms with Crippen LogP contribution in [0.2, 0.25) is 0 Å². The largest absolute Gasteiger partial charge is 0.493 e. The fourth-order valence-corrected chi connectivity index (χ4v) is 3.73. The lowest BCUT2D eigenvalue weighted by Gasteiger charge is -2.25. The minimum atomic E-state index is -0.261. The molecule has 1 saturated heterocycles. The van der Waals surface area contributed by atoms with Crippen LogP contribution in [0.15, 0.2) is 23.0 Å². The fourth-order valence-electron chi connectivity index (χ4n) is 3.73. The number of likely N-dealkylation sites (tertiary alicyclic amines) is 1. The third-order valence-electron chi connectivity index (χ3n) is 5.21. The van der Waals surface area contributed by atoms with Crippen molar-refractivity contribution in [2.24, 2.45) is 0 Å². The van der Waals surface area contributed by atoms with Gasteiger partial charge in [-0.3, -0.25) is 9.59 Å². The van der Waals surface area contributed by atoms with Gasteiger partial charge in [0.25, 0.3) is 11.5 Å². The van der Waals surface area contributed by atoms with Gasteiger partial charge >= 0.3 is 0 Å². The van der Waals surface area contributed by atoms with E-state index >= 15 is 0 Å². The maximum Gasteiger partial charge on any atom is 0.261 e. The van der Waals surface area contributed by atoms with Crippen molar-refractivity contribution in [2.75, 3.05) is 27.4 Å². The number of amides is 1. The second-order valence-electron chi connectivity index (χ2n) is 6.89. The van der Waals surface area contributed by atoms with Crippen molar-refractivity contribution in [1.29, 1.82) is 0 Å². The van der Waals surface area contributed by atoms with Gasteiger partial charge in [0.05, 0.1) is 20.3 Å². The zero-order chi connectivity index (χ0) is 21.0. The third kappa shape index (κ3) is 4.21. The van der Waals surface area contributed by atoms with E-state index in [2.05, 4.69) is 9.97 Å². The minimum Gasteiger partial charge on any atom is -0.493 e. The van der Waals surface area contributed by atoms with E-state index in [1.54, 1.807) is 23.1 Å². The van der Waals surface area contributed by atoms with Crippen LogP contribution < -0.4 is 19.8 Å². The Bertz CT molecular complexity index is 918. The molecule has 1 aromatic carbocycles. The summed E-state index contributed by atoms with van der Waals surface area (Å²) in [5.41, 5.74) is 1.25. The molecule has 1 aromatic heterocycles. The van der Waals surface area contributed by atoms with Gasteiger partial charge in [-0.15, -0.1) is 0 Å². The maximum absolute atomic E-state index is 12.9. The van der Waals surface area contributed by atoms with Crippen LogP contribution >= 0.6 is 0 Å². The van der Waals surface area contributed by atoms with Crippen LogP contribution in [0.25, 0.3) is 0 Å². The van der Waals surface area contributed by atoms with E-state index in [9.17, 15) is 9.59 Å². The molecular weight excluding hydrogens is 374 g/mol. The number of carbonyl (C=O) groups is 1. The van der Waals surface area contributed by atoms with Gasteiger partial charge in [-0.05, 0) is 38.3 Å². The minimum absolute atomic E-state index is 0.135. The number of hydrogen-bond donors (Lipinski definition) is 1. The topological polar surface area (TPSA) is 93.8 Å². The Balaban J connectivity index is 1.77. The quantitative estimate of drug-likeness (QED) is 0.766. The predicted octanol–water partition coefficient (Wildman–Crippen LogP) is 2.40. The monoisotopic (exact) mass is 401 g/mol. The molecule has 2 aromatic rings. The second kappa shape index (κ2) is 8.98. The number of benzene rings is 1. The van der Waals surface area contributed by atoms with E-state index in [-0.39, 0.29) is 24.1 Å². The molecule has 0 aliphatic carbocycles. The smallest absolute Gasteiger partial charge is 0.261 e. The molecule has 156 valence electrons. The van der Waals surface area contributed by atoms with E-state index in [1.807, 2.05) is 13.8 Å². The SMILES string of the molecule is CCc1c(C)nc([C@H]2CCCN2C(=O)COc2c(OC)cccc2OC)[nH]c1=O. The predicted molar refractivity (Wildman–Crippen MR) is 108 cm³/mol. The molecule has 1 N–H and O–H groups in total. The lowest BCUT2D eigenvalue weighted by molar-refractivity contribution is -0.134. The highest BCUT2D eigenvalue weighted by Gasteiger charge is 2.32. The van der Waals surface area contributed by atoms with Gasteiger partial charge in [-0.2, -0.15) is 0 Å². The highest BCUT2D eigenvalue weighted by molar-refractivity contribution is 5.78. The number of nitrogens with one attached hydrogen (secondary N) is 1. The number of rotatable bonds is 7. The number of para-hydroxylation sites is 1. The van der Waals surface area contributed by atoms with Crippen molar-refractivity contribution in [2.45, 2.75) is 39.2 Å². The van der Waals surface area contributed by atoms with Crippen LogP contribution in [0.5, 0.6) is 17.2 Å². The van der Waals surface area contributed by atoms with Crippen molar-refractivity contribution in [3.63, 3.8) is 0 Å². The first-order valence-corrected chi connectivity index (χ1v) is 9.73. The molecule has 8 heteroatoms. The molecule has 0 radical (unpaired) electrons. The Labute approximate surface area is 169 Å². The highest BCUT2D eigenvalue weighted by Crippen LogP contribution is 2.37. The molecule has 3 rings (SSSR count). The summed E-state index contributed by atoms with van der Waals surface area (Å²) in [6.45, 7) is 4.18. The molecule has 1 aliphatic heterocycles. The van der Waals surface area contributed by atoms with Gasteiger partial charge in [0.2, 0.25) is 5.75 Å². The molecular formula is C21H27N3O5. The fraction of sp³-hybridized carbons (Fsp3) is 0.476. The molecule has 0 bridgehead atoms. The van der Waals surface area contributed by atoms with E-state index in [0.717, 1.165) is 12.8 Å². The van der Waals surface area contributed by atoms with Crippen LogP contribution in [0.1, 0.15) is 42.9 Å². The van der Waals surface area contributed by atoms with Crippen LogP contribution in [0.4, 0.5) is 0 Å². The van der Waals surface area contributed by atoms with Gasteiger partial charge in [-0.25, -0.2) is 4.98 Å².